The Morgan fingerprint density at radius 1 is 0.698 bits per heavy atom. The van der Waals surface area contributed by atoms with Crippen LogP contribution < -0.4 is 11.1 Å². The SMILES string of the molecule is NC(=O)[C@@H](CCCNC(=O)OCc1ccccc1)N(CCCc1ccccc1)C(=O)C(c1ccccc1)c1ccccc1. The van der Waals surface area contributed by atoms with E-state index in [0.717, 1.165) is 28.7 Å². The number of rotatable bonds is 15. The Hall–Kier alpha value is -4.91. The number of benzene rings is 4. The van der Waals surface area contributed by atoms with Crippen LogP contribution in [0.1, 0.15) is 47.4 Å². The number of carbonyl (C=O) groups excluding carboxylic acids is 3. The molecule has 0 saturated carbocycles. The lowest BCUT2D eigenvalue weighted by Crippen LogP contribution is -2.50. The van der Waals surface area contributed by atoms with Crippen LogP contribution in [0.4, 0.5) is 4.79 Å². The molecule has 0 aliphatic carbocycles. The van der Waals surface area contributed by atoms with Gasteiger partial charge in [-0.25, -0.2) is 4.79 Å². The summed E-state index contributed by atoms with van der Waals surface area (Å²) in [6.07, 6.45) is 1.63. The minimum atomic E-state index is -0.833. The minimum absolute atomic E-state index is 0.167. The molecule has 0 fully saturated rings. The predicted molar refractivity (Wildman–Crippen MR) is 168 cm³/mol. The first-order chi connectivity index (χ1) is 21.0. The average Bonchev–Trinajstić information content (AvgIpc) is 3.04. The van der Waals surface area contributed by atoms with E-state index in [1.54, 1.807) is 4.90 Å². The lowest BCUT2D eigenvalue weighted by atomic mass is 9.89. The molecule has 0 heterocycles. The van der Waals surface area contributed by atoms with Crippen LogP contribution >= 0.6 is 0 Å². The van der Waals surface area contributed by atoms with E-state index in [2.05, 4.69) is 17.4 Å². The van der Waals surface area contributed by atoms with Crippen molar-refractivity contribution in [1.82, 2.24) is 10.2 Å². The van der Waals surface area contributed by atoms with Gasteiger partial charge in [0.25, 0.3) is 0 Å². The molecule has 1 atom stereocenters. The van der Waals surface area contributed by atoms with E-state index in [4.69, 9.17) is 10.5 Å². The van der Waals surface area contributed by atoms with Crippen molar-refractivity contribution < 1.29 is 19.1 Å². The van der Waals surface area contributed by atoms with Gasteiger partial charge in [-0.2, -0.15) is 0 Å². The van der Waals surface area contributed by atoms with E-state index >= 15 is 0 Å². The van der Waals surface area contributed by atoms with E-state index in [-0.39, 0.29) is 19.1 Å². The summed E-state index contributed by atoms with van der Waals surface area (Å²) < 4.78 is 5.29. The molecule has 3 amide bonds. The molecule has 3 N–H and O–H groups in total. The molecule has 222 valence electrons. The fourth-order valence-corrected chi connectivity index (χ4v) is 5.16. The second-order valence-electron chi connectivity index (χ2n) is 10.4. The van der Waals surface area contributed by atoms with Crippen LogP contribution in [0.5, 0.6) is 0 Å². The molecule has 0 radical (unpaired) electrons. The monoisotopic (exact) mass is 577 g/mol. The topological polar surface area (TPSA) is 102 Å². The molecule has 43 heavy (non-hydrogen) atoms. The van der Waals surface area contributed by atoms with Crippen molar-refractivity contribution in [2.75, 3.05) is 13.1 Å². The van der Waals surface area contributed by atoms with Gasteiger partial charge in [0, 0.05) is 13.1 Å². The van der Waals surface area contributed by atoms with Gasteiger partial charge >= 0.3 is 6.09 Å². The van der Waals surface area contributed by atoms with Crippen molar-refractivity contribution in [3.63, 3.8) is 0 Å². The van der Waals surface area contributed by atoms with Crippen molar-refractivity contribution in [1.29, 1.82) is 0 Å². The molecular weight excluding hydrogens is 538 g/mol. The van der Waals surface area contributed by atoms with Gasteiger partial charge < -0.3 is 20.7 Å². The van der Waals surface area contributed by atoms with Crippen molar-refractivity contribution >= 4 is 17.9 Å². The molecule has 4 aromatic rings. The number of aryl methyl sites for hydroxylation is 1. The van der Waals surface area contributed by atoms with Crippen LogP contribution in [-0.4, -0.2) is 41.9 Å². The van der Waals surface area contributed by atoms with Crippen LogP contribution in [0.2, 0.25) is 0 Å². The summed E-state index contributed by atoms with van der Waals surface area (Å²) in [5, 5.41) is 2.74. The van der Waals surface area contributed by atoms with Crippen LogP contribution in [-0.2, 0) is 27.4 Å². The quantitative estimate of drug-likeness (QED) is 0.173. The Morgan fingerprint density at radius 2 is 1.21 bits per heavy atom. The molecule has 4 aromatic carbocycles. The lowest BCUT2D eigenvalue weighted by molar-refractivity contribution is -0.140. The van der Waals surface area contributed by atoms with Crippen molar-refractivity contribution in [2.45, 2.75) is 44.2 Å². The zero-order valence-electron chi connectivity index (χ0n) is 24.3. The van der Waals surface area contributed by atoms with E-state index in [0.29, 0.717) is 25.8 Å². The summed E-state index contributed by atoms with van der Waals surface area (Å²) in [7, 11) is 0. The van der Waals surface area contributed by atoms with Gasteiger partial charge in [0.15, 0.2) is 0 Å². The van der Waals surface area contributed by atoms with Crippen LogP contribution in [0.15, 0.2) is 121 Å². The second-order valence-corrected chi connectivity index (χ2v) is 10.4. The predicted octanol–water partition coefficient (Wildman–Crippen LogP) is 5.84. The summed E-state index contributed by atoms with van der Waals surface area (Å²) in [5.74, 6) is -1.34. The highest BCUT2D eigenvalue weighted by atomic mass is 16.5. The standard InChI is InChI=1S/C36H39N3O4/c37-34(40)32(24-13-25-38-36(42)43-27-29-17-7-2-8-18-29)39(26-14-19-28-15-5-1-6-16-28)35(41)33(30-20-9-3-10-21-30)31-22-11-4-12-23-31/h1-12,15-18,20-23,32-33H,13-14,19,24-27H2,(H2,37,40)(H,38,42)/t32-/m1/s1. The number of alkyl carbamates (subject to hydrolysis) is 1. The van der Waals surface area contributed by atoms with E-state index in [1.165, 1.54) is 0 Å². The van der Waals surface area contributed by atoms with Gasteiger partial charge in [0.1, 0.15) is 12.6 Å². The number of nitrogens with zero attached hydrogens (tertiary/aromatic N) is 1. The Kier molecular flexibility index (Phi) is 11.9. The van der Waals surface area contributed by atoms with Gasteiger partial charge in [-0.15, -0.1) is 0 Å². The first-order valence-corrected chi connectivity index (χ1v) is 14.7. The highest BCUT2D eigenvalue weighted by molar-refractivity contribution is 5.92. The Labute approximate surface area is 253 Å². The Bertz CT molecular complexity index is 1380. The molecule has 0 aromatic heterocycles. The van der Waals surface area contributed by atoms with Crippen molar-refractivity contribution in [3.05, 3.63) is 144 Å². The van der Waals surface area contributed by atoms with Crippen molar-refractivity contribution in [3.8, 4) is 0 Å². The smallest absolute Gasteiger partial charge is 0.407 e. The summed E-state index contributed by atoms with van der Waals surface area (Å²) in [5.41, 5.74) is 9.69. The molecule has 7 heteroatoms. The normalized spacial score (nSPS) is 11.5. The number of nitrogens with one attached hydrogen (secondary N) is 1. The third-order valence-corrected chi connectivity index (χ3v) is 7.34. The molecule has 0 bridgehead atoms. The number of hydrogen-bond acceptors (Lipinski definition) is 4. The molecule has 0 aliphatic heterocycles. The van der Waals surface area contributed by atoms with Gasteiger partial charge in [-0.3, -0.25) is 9.59 Å². The second kappa shape index (κ2) is 16.5. The molecule has 7 nitrogen and oxygen atoms in total. The molecule has 0 spiro atoms. The summed E-state index contributed by atoms with van der Waals surface area (Å²) in [6, 6.07) is 37.8. The lowest BCUT2D eigenvalue weighted by Gasteiger charge is -2.33. The summed E-state index contributed by atoms with van der Waals surface area (Å²) in [4.78, 5) is 41.2. The molecule has 0 saturated heterocycles. The highest BCUT2D eigenvalue weighted by Crippen LogP contribution is 2.28. The van der Waals surface area contributed by atoms with Gasteiger partial charge in [-0.05, 0) is 47.9 Å². The van der Waals surface area contributed by atoms with E-state index in [1.807, 2.05) is 109 Å². The Balaban J connectivity index is 1.47. The Morgan fingerprint density at radius 3 is 1.74 bits per heavy atom. The van der Waals surface area contributed by atoms with Crippen LogP contribution in [0.3, 0.4) is 0 Å². The summed E-state index contributed by atoms with van der Waals surface area (Å²) in [6.45, 7) is 0.814. The number of carbonyl (C=O) groups is 3. The maximum absolute atomic E-state index is 14.4. The number of nitrogens with two attached hydrogens (primary N) is 1. The fraction of sp³-hybridized carbons (Fsp3) is 0.250. The van der Waals surface area contributed by atoms with Gasteiger partial charge in [-0.1, -0.05) is 121 Å². The van der Waals surface area contributed by atoms with Crippen LogP contribution in [0, 0.1) is 0 Å². The zero-order valence-corrected chi connectivity index (χ0v) is 24.3. The van der Waals surface area contributed by atoms with Crippen LogP contribution in [0.25, 0.3) is 0 Å². The highest BCUT2D eigenvalue weighted by Gasteiger charge is 2.34. The fourth-order valence-electron chi connectivity index (χ4n) is 5.16. The third-order valence-electron chi connectivity index (χ3n) is 7.34. The maximum Gasteiger partial charge on any atom is 0.407 e. The number of hydrogen-bond donors (Lipinski definition) is 2. The third kappa shape index (κ3) is 9.57. The molecule has 0 unspecified atom stereocenters. The van der Waals surface area contributed by atoms with Crippen molar-refractivity contribution in [2.24, 2.45) is 5.73 Å². The number of amides is 3. The van der Waals surface area contributed by atoms with Gasteiger partial charge in [0.2, 0.25) is 11.8 Å². The number of ether oxygens (including phenoxy) is 1. The first-order valence-electron chi connectivity index (χ1n) is 14.7. The average molecular weight is 578 g/mol. The maximum atomic E-state index is 14.4. The first kappa shape index (κ1) is 31.0. The molecular formula is C36H39N3O4. The molecule has 0 aliphatic rings. The summed E-state index contributed by atoms with van der Waals surface area (Å²) >= 11 is 0. The zero-order chi connectivity index (χ0) is 30.3. The minimum Gasteiger partial charge on any atom is -0.445 e. The van der Waals surface area contributed by atoms with E-state index < -0.39 is 24.0 Å². The van der Waals surface area contributed by atoms with Gasteiger partial charge in [0.05, 0.1) is 5.92 Å². The van der Waals surface area contributed by atoms with E-state index in [9.17, 15) is 14.4 Å². The number of primary amides is 1. The largest absolute Gasteiger partial charge is 0.445 e. The molecule has 4 rings (SSSR count).